The topological polar surface area (TPSA) is 25.1 Å². The fourth-order valence-electron chi connectivity index (χ4n) is 1.29. The molecule has 0 atom stereocenters. The van der Waals surface area contributed by atoms with E-state index < -0.39 is 0 Å². The molecule has 0 rings (SSSR count). The van der Waals surface area contributed by atoms with E-state index in [0.717, 1.165) is 11.9 Å². The number of aliphatic imine (C=N–C) groups is 1. The summed E-state index contributed by atoms with van der Waals surface area (Å²) in [5.74, 6) is 1.85. The first-order chi connectivity index (χ1) is 6.77. The van der Waals surface area contributed by atoms with E-state index >= 15 is 0 Å². The molecule has 88 valence electrons. The number of hydrogen-bond donors (Lipinski definition) is 0. The van der Waals surface area contributed by atoms with Gasteiger partial charge in [-0.25, -0.2) is 0 Å². The van der Waals surface area contributed by atoms with E-state index in [0.29, 0.717) is 0 Å². The first-order valence-electron chi connectivity index (χ1n) is 4.92. The van der Waals surface area contributed by atoms with Crippen LogP contribution in [0.25, 0.3) is 0 Å². The Hall–Kier alpha value is -1.26. The highest BCUT2D eigenvalue weighted by atomic mass is 15.4. The van der Waals surface area contributed by atoms with E-state index in [4.69, 9.17) is 0 Å². The molecule has 0 aliphatic rings. The van der Waals surface area contributed by atoms with Crippen molar-refractivity contribution < 1.29 is 4.58 Å². The number of rotatable bonds is 0. The van der Waals surface area contributed by atoms with Crippen LogP contribution in [-0.4, -0.2) is 87.6 Å². The normalized spacial score (nSPS) is 9.33. The lowest BCUT2D eigenvalue weighted by Crippen LogP contribution is -2.39. The van der Waals surface area contributed by atoms with E-state index in [1.54, 1.807) is 0 Å². The number of guanidine groups is 2. The zero-order valence-electron chi connectivity index (χ0n) is 11.2. The Kier molecular flexibility index (Phi) is 5.11. The second-order valence-electron chi connectivity index (χ2n) is 4.29. The summed E-state index contributed by atoms with van der Waals surface area (Å²) in [5, 5.41) is 0. The molecule has 0 spiro atoms. The van der Waals surface area contributed by atoms with Crippen molar-refractivity contribution in [2.24, 2.45) is 4.99 Å². The molecule has 0 heterocycles. The highest BCUT2D eigenvalue weighted by Crippen LogP contribution is 1.93. The molecule has 0 saturated heterocycles. The van der Waals surface area contributed by atoms with Crippen molar-refractivity contribution >= 4 is 11.9 Å². The summed E-state index contributed by atoms with van der Waals surface area (Å²) in [6.45, 7) is 0. The summed E-state index contributed by atoms with van der Waals surface area (Å²) in [4.78, 5) is 10.6. The Labute approximate surface area is 93.3 Å². The monoisotopic (exact) mass is 214 g/mol. The van der Waals surface area contributed by atoms with Crippen molar-refractivity contribution in [2.45, 2.75) is 0 Å². The first kappa shape index (κ1) is 13.7. The lowest BCUT2D eigenvalue weighted by Gasteiger charge is -2.20. The quantitative estimate of drug-likeness (QED) is 0.313. The molecule has 5 nitrogen and oxygen atoms in total. The minimum atomic E-state index is 0.924. The second kappa shape index (κ2) is 5.58. The first-order valence-corrected chi connectivity index (χ1v) is 4.92. The molecule has 0 aromatic heterocycles. The Morgan fingerprint density at radius 2 is 1.20 bits per heavy atom. The minimum absolute atomic E-state index is 0.924. The van der Waals surface area contributed by atoms with Gasteiger partial charge in [-0.1, -0.05) is 0 Å². The third-order valence-electron chi connectivity index (χ3n) is 1.80. The molecule has 0 saturated carbocycles. The van der Waals surface area contributed by atoms with Gasteiger partial charge in [0.05, 0.1) is 28.2 Å². The van der Waals surface area contributed by atoms with E-state index in [1.165, 1.54) is 0 Å². The van der Waals surface area contributed by atoms with E-state index in [2.05, 4.69) is 4.99 Å². The molecule has 15 heavy (non-hydrogen) atoms. The third-order valence-corrected chi connectivity index (χ3v) is 1.80. The van der Waals surface area contributed by atoms with Crippen LogP contribution in [0.15, 0.2) is 4.99 Å². The van der Waals surface area contributed by atoms with Crippen molar-refractivity contribution in [3.63, 3.8) is 0 Å². The van der Waals surface area contributed by atoms with Gasteiger partial charge in [0.15, 0.2) is 0 Å². The van der Waals surface area contributed by atoms with Crippen LogP contribution in [0, 0.1) is 0 Å². The smallest absolute Gasteiger partial charge is 0.335 e. The molecule has 0 N–H and O–H groups in total. The molecule has 5 heteroatoms. The Morgan fingerprint density at radius 1 is 0.800 bits per heavy atom. The predicted molar refractivity (Wildman–Crippen MR) is 65.6 cm³/mol. The maximum absolute atomic E-state index is 4.61. The van der Waals surface area contributed by atoms with E-state index in [1.807, 2.05) is 75.7 Å². The zero-order chi connectivity index (χ0) is 12.2. The van der Waals surface area contributed by atoms with Crippen LogP contribution in [0.4, 0.5) is 0 Å². The molecule has 0 aromatic carbocycles. The zero-order valence-corrected chi connectivity index (χ0v) is 11.2. The van der Waals surface area contributed by atoms with Crippen molar-refractivity contribution in [3.8, 4) is 0 Å². The van der Waals surface area contributed by atoms with Crippen molar-refractivity contribution in [3.05, 3.63) is 0 Å². The van der Waals surface area contributed by atoms with Gasteiger partial charge in [-0.2, -0.15) is 0 Å². The largest absolute Gasteiger partial charge is 0.392 e. The molecule has 0 radical (unpaired) electrons. The van der Waals surface area contributed by atoms with Gasteiger partial charge in [0, 0.05) is 28.2 Å². The lowest BCUT2D eigenvalue weighted by molar-refractivity contribution is -0.470. The van der Waals surface area contributed by atoms with Gasteiger partial charge in [-0.3, -0.25) is 9.48 Å². The molecule has 0 fully saturated rings. The van der Waals surface area contributed by atoms with Crippen LogP contribution in [0.3, 0.4) is 0 Å². The molecule has 0 amide bonds. The Balaban J connectivity index is 5.20. The van der Waals surface area contributed by atoms with Gasteiger partial charge < -0.3 is 9.80 Å². The average Bonchev–Trinajstić information content (AvgIpc) is 2.01. The predicted octanol–water partition coefficient (Wildman–Crippen LogP) is -0.345. The van der Waals surface area contributed by atoms with Gasteiger partial charge in [0.2, 0.25) is 0 Å². The Morgan fingerprint density at radius 3 is 1.40 bits per heavy atom. The molecule has 0 bridgehead atoms. The number of hydrogen-bond acceptors (Lipinski definition) is 0. The molecule has 0 aliphatic carbocycles. The molecule has 0 aromatic rings. The van der Waals surface area contributed by atoms with Gasteiger partial charge in [0.1, 0.15) is 0 Å². The van der Waals surface area contributed by atoms with Crippen LogP contribution in [0.2, 0.25) is 0 Å². The van der Waals surface area contributed by atoms with Gasteiger partial charge in [-0.05, 0) is 4.99 Å². The highest BCUT2D eigenvalue weighted by Gasteiger charge is 2.16. The fraction of sp³-hybridized carbons (Fsp3) is 0.800. The van der Waals surface area contributed by atoms with E-state index in [-0.39, 0.29) is 0 Å². The summed E-state index contributed by atoms with van der Waals surface area (Å²) in [6.07, 6.45) is 0. The summed E-state index contributed by atoms with van der Waals surface area (Å²) in [6, 6.07) is 0. The fourth-order valence-corrected chi connectivity index (χ4v) is 1.29. The van der Waals surface area contributed by atoms with Gasteiger partial charge >= 0.3 is 5.96 Å². The van der Waals surface area contributed by atoms with Crippen molar-refractivity contribution in [1.82, 2.24) is 14.7 Å². The van der Waals surface area contributed by atoms with Crippen LogP contribution in [0.5, 0.6) is 0 Å². The summed E-state index contributed by atoms with van der Waals surface area (Å²) >= 11 is 0. The molecular formula is C10H24N5+. The standard InChI is InChI=1S/C10H24N5/c1-12(2)9(13(3)4)11-10(14(5)6)15(7)8/h1-8H3/q+1. The van der Waals surface area contributed by atoms with Crippen molar-refractivity contribution in [2.75, 3.05) is 56.4 Å². The second-order valence-corrected chi connectivity index (χ2v) is 4.29. The van der Waals surface area contributed by atoms with Crippen LogP contribution in [-0.2, 0) is 0 Å². The highest BCUT2D eigenvalue weighted by molar-refractivity contribution is 5.92. The van der Waals surface area contributed by atoms with Gasteiger partial charge in [-0.15, -0.1) is 0 Å². The third kappa shape index (κ3) is 4.18. The summed E-state index contributed by atoms with van der Waals surface area (Å²) < 4.78 is 1.99. The maximum atomic E-state index is 4.61. The van der Waals surface area contributed by atoms with E-state index in [9.17, 15) is 0 Å². The van der Waals surface area contributed by atoms with Crippen molar-refractivity contribution in [1.29, 1.82) is 0 Å². The minimum Gasteiger partial charge on any atom is -0.335 e. The number of nitrogens with zero attached hydrogens (tertiary/aromatic N) is 5. The molecule has 0 unspecified atom stereocenters. The SMILES string of the molecule is CN(C)C(=NC(N(C)C)=[N+](C)C)N(C)C. The van der Waals surface area contributed by atoms with Crippen LogP contribution >= 0.6 is 0 Å². The van der Waals surface area contributed by atoms with Crippen LogP contribution < -0.4 is 0 Å². The van der Waals surface area contributed by atoms with Crippen LogP contribution in [0.1, 0.15) is 0 Å². The average molecular weight is 214 g/mol. The maximum Gasteiger partial charge on any atom is 0.392 e. The molecular weight excluding hydrogens is 190 g/mol. The lowest BCUT2D eigenvalue weighted by atomic mass is 10.6. The summed E-state index contributed by atoms with van der Waals surface area (Å²) in [5.41, 5.74) is 0. The summed E-state index contributed by atoms with van der Waals surface area (Å²) in [7, 11) is 15.9. The Bertz CT molecular complexity index is 249. The molecule has 0 aliphatic heterocycles. The van der Waals surface area contributed by atoms with Gasteiger partial charge in [0.25, 0.3) is 5.96 Å².